The number of nitrogens with zero attached hydrogens (tertiary/aromatic N) is 4. The van der Waals surface area contributed by atoms with E-state index in [1.165, 1.54) is 29.0 Å². The Morgan fingerprint density at radius 2 is 1.96 bits per heavy atom. The number of halogens is 1. The van der Waals surface area contributed by atoms with Gasteiger partial charge in [-0.05, 0) is 23.8 Å². The van der Waals surface area contributed by atoms with Gasteiger partial charge in [-0.1, -0.05) is 12.1 Å². The number of benzene rings is 1. The molecule has 136 valence electrons. The quantitative estimate of drug-likeness (QED) is 0.528. The van der Waals surface area contributed by atoms with Crippen LogP contribution >= 0.6 is 12.6 Å². The second kappa shape index (κ2) is 6.51. The molecule has 3 aromatic heterocycles. The molecule has 0 saturated heterocycles. The number of pyridine rings is 1. The molecular formula is C18H13FN4O3S. The number of aromatic nitrogens is 4. The van der Waals surface area contributed by atoms with Gasteiger partial charge in [0.05, 0.1) is 17.1 Å². The van der Waals surface area contributed by atoms with E-state index >= 15 is 0 Å². The van der Waals surface area contributed by atoms with Gasteiger partial charge in [0.1, 0.15) is 11.9 Å². The molecule has 4 rings (SSSR count). The minimum atomic E-state index is -1.14. The van der Waals surface area contributed by atoms with Gasteiger partial charge in [-0.25, -0.2) is 18.7 Å². The standard InChI is InChI=1S/C18H13FN4O3S/c19-11-3-1-10(2-4-11)12-8-21-23-14-5-6-22(15(9-27)18(25)26)17(24)13(14)7-20-16(12)23/h1-8,15,27H,9H2,(H,25,26). The van der Waals surface area contributed by atoms with E-state index in [0.717, 1.165) is 10.1 Å². The Hall–Kier alpha value is -3.20. The Morgan fingerprint density at radius 1 is 1.22 bits per heavy atom. The van der Waals surface area contributed by atoms with Crippen molar-refractivity contribution in [1.82, 2.24) is 19.2 Å². The predicted molar refractivity (Wildman–Crippen MR) is 101 cm³/mol. The molecule has 0 spiro atoms. The zero-order valence-corrected chi connectivity index (χ0v) is 14.7. The summed E-state index contributed by atoms with van der Waals surface area (Å²) in [6.07, 6.45) is 4.41. The number of carboxylic acid groups (broad SMARTS) is 1. The third-order valence-electron chi connectivity index (χ3n) is 4.37. The lowest BCUT2D eigenvalue weighted by atomic mass is 10.1. The maximum atomic E-state index is 13.2. The van der Waals surface area contributed by atoms with Crippen molar-refractivity contribution in [2.45, 2.75) is 6.04 Å². The molecule has 0 amide bonds. The Kier molecular flexibility index (Phi) is 4.15. The summed E-state index contributed by atoms with van der Waals surface area (Å²) in [6.45, 7) is 0. The van der Waals surface area contributed by atoms with Gasteiger partial charge in [-0.15, -0.1) is 0 Å². The van der Waals surface area contributed by atoms with E-state index in [0.29, 0.717) is 16.7 Å². The highest BCUT2D eigenvalue weighted by Crippen LogP contribution is 2.25. The number of hydrogen-bond acceptors (Lipinski definition) is 5. The van der Waals surface area contributed by atoms with Crippen molar-refractivity contribution in [2.24, 2.45) is 0 Å². The van der Waals surface area contributed by atoms with Crippen molar-refractivity contribution in [3.63, 3.8) is 0 Å². The summed E-state index contributed by atoms with van der Waals surface area (Å²) >= 11 is 4.02. The lowest BCUT2D eigenvalue weighted by molar-refractivity contribution is -0.140. The topological polar surface area (TPSA) is 89.5 Å². The maximum Gasteiger partial charge on any atom is 0.327 e. The van der Waals surface area contributed by atoms with Crippen LogP contribution in [0.15, 0.2) is 53.7 Å². The monoisotopic (exact) mass is 384 g/mol. The van der Waals surface area contributed by atoms with Gasteiger partial charge in [0.25, 0.3) is 5.56 Å². The molecule has 0 fully saturated rings. The highest BCUT2D eigenvalue weighted by Gasteiger charge is 2.21. The van der Waals surface area contributed by atoms with E-state index in [2.05, 4.69) is 22.7 Å². The number of carbonyl (C=O) groups is 1. The second-order valence-corrected chi connectivity index (χ2v) is 6.29. The fourth-order valence-electron chi connectivity index (χ4n) is 2.99. The van der Waals surface area contributed by atoms with Gasteiger partial charge in [-0.3, -0.25) is 9.36 Å². The number of rotatable bonds is 4. The molecule has 1 N–H and O–H groups in total. The normalized spacial score (nSPS) is 12.5. The summed E-state index contributed by atoms with van der Waals surface area (Å²) in [7, 11) is 0. The van der Waals surface area contributed by atoms with Crippen LogP contribution in [0.4, 0.5) is 4.39 Å². The minimum Gasteiger partial charge on any atom is -0.480 e. The summed E-state index contributed by atoms with van der Waals surface area (Å²) < 4.78 is 15.8. The Morgan fingerprint density at radius 3 is 2.63 bits per heavy atom. The van der Waals surface area contributed by atoms with Crippen LogP contribution in [0.25, 0.3) is 27.7 Å². The van der Waals surface area contributed by atoms with Gasteiger partial charge in [0, 0.05) is 23.7 Å². The molecule has 0 radical (unpaired) electrons. The van der Waals surface area contributed by atoms with E-state index in [1.807, 2.05) is 0 Å². The maximum absolute atomic E-state index is 13.2. The van der Waals surface area contributed by atoms with Gasteiger partial charge in [-0.2, -0.15) is 17.7 Å². The number of hydrogen-bond donors (Lipinski definition) is 2. The highest BCUT2D eigenvalue weighted by atomic mass is 32.1. The lowest BCUT2D eigenvalue weighted by Crippen LogP contribution is -2.31. The fraction of sp³-hybridized carbons (Fsp3) is 0.111. The molecule has 27 heavy (non-hydrogen) atoms. The minimum absolute atomic E-state index is 0.0209. The summed E-state index contributed by atoms with van der Waals surface area (Å²) in [5.74, 6) is -1.50. The first-order valence-electron chi connectivity index (χ1n) is 7.98. The average molecular weight is 384 g/mol. The number of fused-ring (bicyclic) bond motifs is 3. The van der Waals surface area contributed by atoms with Crippen LogP contribution in [0.2, 0.25) is 0 Å². The first kappa shape index (κ1) is 17.2. The first-order chi connectivity index (χ1) is 13.0. The summed E-state index contributed by atoms with van der Waals surface area (Å²) in [4.78, 5) is 28.4. The summed E-state index contributed by atoms with van der Waals surface area (Å²) in [5, 5.41) is 13.8. The molecule has 0 bridgehead atoms. The molecule has 7 nitrogen and oxygen atoms in total. The third kappa shape index (κ3) is 2.76. The van der Waals surface area contributed by atoms with Crippen LogP contribution in [0.1, 0.15) is 6.04 Å². The van der Waals surface area contributed by atoms with E-state index in [-0.39, 0.29) is 17.0 Å². The summed E-state index contributed by atoms with van der Waals surface area (Å²) in [6, 6.07) is 6.49. The summed E-state index contributed by atoms with van der Waals surface area (Å²) in [5.41, 5.74) is 1.96. The van der Waals surface area contributed by atoms with Crippen LogP contribution in [0, 0.1) is 5.82 Å². The molecular weight excluding hydrogens is 371 g/mol. The van der Waals surface area contributed by atoms with Gasteiger partial charge < -0.3 is 5.11 Å². The molecule has 1 aromatic carbocycles. The van der Waals surface area contributed by atoms with Crippen LogP contribution in [-0.2, 0) is 4.79 Å². The average Bonchev–Trinajstić information content (AvgIpc) is 3.09. The molecule has 3 heterocycles. The lowest BCUT2D eigenvalue weighted by Gasteiger charge is -2.14. The molecule has 0 aliphatic rings. The van der Waals surface area contributed by atoms with E-state index in [9.17, 15) is 19.1 Å². The number of carboxylic acids is 1. The Bertz CT molecular complexity index is 1230. The smallest absolute Gasteiger partial charge is 0.327 e. The molecule has 0 saturated carbocycles. The van der Waals surface area contributed by atoms with Crippen LogP contribution in [0.5, 0.6) is 0 Å². The van der Waals surface area contributed by atoms with E-state index in [1.54, 1.807) is 24.4 Å². The third-order valence-corrected chi connectivity index (χ3v) is 4.72. The zero-order chi connectivity index (χ0) is 19.1. The predicted octanol–water partition coefficient (Wildman–Crippen LogP) is 2.41. The van der Waals surface area contributed by atoms with Crippen LogP contribution in [-0.4, -0.2) is 36.0 Å². The highest BCUT2D eigenvalue weighted by molar-refractivity contribution is 7.80. The molecule has 4 aromatic rings. The largest absolute Gasteiger partial charge is 0.480 e. The Labute approximate surface area is 157 Å². The van der Waals surface area contributed by atoms with Crippen molar-refractivity contribution in [3.05, 3.63) is 65.1 Å². The van der Waals surface area contributed by atoms with Gasteiger partial charge in [0.15, 0.2) is 5.65 Å². The van der Waals surface area contributed by atoms with E-state index in [4.69, 9.17) is 0 Å². The van der Waals surface area contributed by atoms with Gasteiger partial charge in [0.2, 0.25) is 0 Å². The van der Waals surface area contributed by atoms with Gasteiger partial charge >= 0.3 is 5.97 Å². The molecule has 0 aliphatic heterocycles. The second-order valence-electron chi connectivity index (χ2n) is 5.92. The van der Waals surface area contributed by atoms with Crippen molar-refractivity contribution < 1.29 is 14.3 Å². The van der Waals surface area contributed by atoms with Crippen LogP contribution < -0.4 is 5.56 Å². The SMILES string of the molecule is O=C(O)C(CS)n1ccc2c(cnc3c(-c4ccc(F)cc4)cnn32)c1=O. The van der Waals surface area contributed by atoms with Crippen molar-refractivity contribution in [1.29, 1.82) is 0 Å². The number of aliphatic carboxylic acids is 1. The fourth-order valence-corrected chi connectivity index (χ4v) is 3.33. The molecule has 1 unspecified atom stereocenters. The van der Waals surface area contributed by atoms with Crippen LogP contribution in [0.3, 0.4) is 0 Å². The molecule has 1 atom stereocenters. The first-order valence-corrected chi connectivity index (χ1v) is 8.61. The van der Waals surface area contributed by atoms with Crippen molar-refractivity contribution in [2.75, 3.05) is 5.75 Å². The van der Waals surface area contributed by atoms with Crippen molar-refractivity contribution >= 4 is 35.1 Å². The number of thiol groups is 1. The zero-order valence-electron chi connectivity index (χ0n) is 13.8. The molecule has 9 heteroatoms. The Balaban J connectivity index is 1.93. The molecule has 0 aliphatic carbocycles. The van der Waals surface area contributed by atoms with Crippen molar-refractivity contribution in [3.8, 4) is 11.1 Å². The van der Waals surface area contributed by atoms with E-state index < -0.39 is 17.6 Å².